The Hall–Kier alpha value is -2.39. The number of morpholine rings is 1. The van der Waals surface area contributed by atoms with Gasteiger partial charge in [0.2, 0.25) is 5.88 Å². The number of benzene rings is 1. The Labute approximate surface area is 148 Å². The third kappa shape index (κ3) is 5.57. The van der Waals surface area contributed by atoms with Crippen LogP contribution in [-0.2, 0) is 4.74 Å². The van der Waals surface area contributed by atoms with E-state index in [-0.39, 0.29) is 5.75 Å². The lowest BCUT2D eigenvalue weighted by molar-refractivity contribution is -0.274. The van der Waals surface area contributed by atoms with Crippen molar-refractivity contribution in [3.8, 4) is 22.9 Å². The molecule has 1 aromatic heterocycles. The van der Waals surface area contributed by atoms with Crippen LogP contribution in [0.1, 0.15) is 0 Å². The summed E-state index contributed by atoms with van der Waals surface area (Å²) >= 11 is 0. The zero-order valence-corrected chi connectivity index (χ0v) is 13.9. The molecule has 0 radical (unpaired) electrons. The average Bonchev–Trinajstić information content (AvgIpc) is 2.62. The molecule has 2 heterocycles. The van der Waals surface area contributed by atoms with Gasteiger partial charge >= 0.3 is 6.36 Å². The van der Waals surface area contributed by atoms with Gasteiger partial charge in [0.05, 0.1) is 31.3 Å². The molecule has 0 N–H and O–H groups in total. The van der Waals surface area contributed by atoms with Crippen LogP contribution in [0.25, 0.3) is 11.3 Å². The van der Waals surface area contributed by atoms with Crippen LogP contribution in [0.15, 0.2) is 36.7 Å². The maximum atomic E-state index is 12.4. The molecule has 0 aliphatic carbocycles. The van der Waals surface area contributed by atoms with Gasteiger partial charge in [-0.3, -0.25) is 9.88 Å². The normalized spacial score (nSPS) is 15.7. The molecule has 0 saturated carbocycles. The summed E-state index contributed by atoms with van der Waals surface area (Å²) in [5.74, 6) is 0.00772. The minimum Gasteiger partial charge on any atom is -0.475 e. The maximum Gasteiger partial charge on any atom is 0.573 e. The third-order valence-corrected chi connectivity index (χ3v) is 3.74. The molecule has 26 heavy (non-hydrogen) atoms. The average molecular weight is 369 g/mol. The van der Waals surface area contributed by atoms with Gasteiger partial charge in [0.25, 0.3) is 0 Å². The first-order chi connectivity index (χ1) is 12.5. The third-order valence-electron chi connectivity index (χ3n) is 3.74. The van der Waals surface area contributed by atoms with Crippen molar-refractivity contribution in [1.29, 1.82) is 0 Å². The lowest BCUT2D eigenvalue weighted by atomic mass is 10.1. The summed E-state index contributed by atoms with van der Waals surface area (Å²) in [5.41, 5.74) is 0.861. The van der Waals surface area contributed by atoms with E-state index < -0.39 is 6.36 Å². The van der Waals surface area contributed by atoms with Crippen molar-refractivity contribution in [2.75, 3.05) is 39.5 Å². The molecule has 1 aliphatic rings. The molecule has 0 amide bonds. The first-order valence-electron chi connectivity index (χ1n) is 8.11. The monoisotopic (exact) mass is 369 g/mol. The predicted molar refractivity (Wildman–Crippen MR) is 86.9 cm³/mol. The van der Waals surface area contributed by atoms with E-state index in [1.54, 1.807) is 6.07 Å². The Morgan fingerprint density at radius 2 is 1.96 bits per heavy atom. The van der Waals surface area contributed by atoms with E-state index in [9.17, 15) is 13.2 Å². The molecule has 1 aliphatic heterocycles. The van der Waals surface area contributed by atoms with Crippen molar-refractivity contribution in [3.63, 3.8) is 0 Å². The second kappa shape index (κ2) is 8.33. The van der Waals surface area contributed by atoms with E-state index >= 15 is 0 Å². The maximum absolute atomic E-state index is 12.4. The van der Waals surface area contributed by atoms with Gasteiger partial charge in [0.1, 0.15) is 12.4 Å². The van der Waals surface area contributed by atoms with Crippen molar-refractivity contribution in [2.24, 2.45) is 0 Å². The van der Waals surface area contributed by atoms with Crippen molar-refractivity contribution in [3.05, 3.63) is 36.7 Å². The Morgan fingerprint density at radius 3 is 2.73 bits per heavy atom. The summed E-state index contributed by atoms with van der Waals surface area (Å²) in [6.45, 7) is 4.33. The molecule has 0 bridgehead atoms. The standard InChI is InChI=1S/C17H18F3N3O3/c18-17(19,20)26-14-3-1-2-13(10-14)15-11-21-12-16(22-15)25-9-6-23-4-7-24-8-5-23/h1-3,10-12H,4-9H2. The highest BCUT2D eigenvalue weighted by Gasteiger charge is 2.31. The lowest BCUT2D eigenvalue weighted by Crippen LogP contribution is -2.38. The molecular weight excluding hydrogens is 351 g/mol. The van der Waals surface area contributed by atoms with Crippen molar-refractivity contribution >= 4 is 0 Å². The summed E-state index contributed by atoms with van der Waals surface area (Å²) in [4.78, 5) is 10.6. The molecular formula is C17H18F3N3O3. The molecule has 9 heteroatoms. The second-order valence-electron chi connectivity index (χ2n) is 5.62. The van der Waals surface area contributed by atoms with Gasteiger partial charge in [-0.15, -0.1) is 13.2 Å². The minimum absolute atomic E-state index is 0.310. The zero-order chi connectivity index (χ0) is 18.4. The quantitative estimate of drug-likeness (QED) is 0.781. The minimum atomic E-state index is -4.74. The SMILES string of the molecule is FC(F)(F)Oc1cccc(-c2cncc(OCCN3CCOCC3)n2)c1. The van der Waals surface area contributed by atoms with Crippen LogP contribution in [0, 0.1) is 0 Å². The zero-order valence-electron chi connectivity index (χ0n) is 13.9. The molecule has 0 spiro atoms. The Morgan fingerprint density at radius 1 is 1.15 bits per heavy atom. The van der Waals surface area contributed by atoms with E-state index in [0.29, 0.717) is 37.0 Å². The fourth-order valence-corrected chi connectivity index (χ4v) is 2.51. The van der Waals surface area contributed by atoms with Crippen LogP contribution in [0.4, 0.5) is 13.2 Å². The van der Waals surface area contributed by atoms with Crippen molar-refractivity contribution in [2.45, 2.75) is 6.36 Å². The van der Waals surface area contributed by atoms with E-state index in [0.717, 1.165) is 19.6 Å². The summed E-state index contributed by atoms with van der Waals surface area (Å²) in [5, 5.41) is 0. The van der Waals surface area contributed by atoms with E-state index in [2.05, 4.69) is 19.6 Å². The molecule has 0 atom stereocenters. The lowest BCUT2D eigenvalue weighted by Gasteiger charge is -2.26. The van der Waals surface area contributed by atoms with Gasteiger partial charge in [0.15, 0.2) is 0 Å². The Kier molecular flexibility index (Phi) is 5.89. The first-order valence-corrected chi connectivity index (χ1v) is 8.11. The summed E-state index contributed by atoms with van der Waals surface area (Å²) in [6, 6.07) is 5.58. The topological polar surface area (TPSA) is 56.7 Å². The van der Waals surface area contributed by atoms with Crippen LogP contribution in [0.2, 0.25) is 0 Å². The molecule has 3 rings (SSSR count). The Bertz CT molecular complexity index is 722. The number of alkyl halides is 3. The number of rotatable bonds is 6. The van der Waals surface area contributed by atoms with Gasteiger partial charge in [-0.05, 0) is 12.1 Å². The largest absolute Gasteiger partial charge is 0.573 e. The fraction of sp³-hybridized carbons (Fsp3) is 0.412. The fourth-order valence-electron chi connectivity index (χ4n) is 2.51. The highest BCUT2D eigenvalue weighted by molar-refractivity contribution is 5.60. The Balaban J connectivity index is 1.62. The predicted octanol–water partition coefficient (Wildman–Crippen LogP) is 2.75. The van der Waals surface area contributed by atoms with Gasteiger partial charge in [-0.25, -0.2) is 4.98 Å². The van der Waals surface area contributed by atoms with E-state index in [4.69, 9.17) is 9.47 Å². The van der Waals surface area contributed by atoms with Crippen LogP contribution in [0.3, 0.4) is 0 Å². The van der Waals surface area contributed by atoms with Crippen molar-refractivity contribution in [1.82, 2.24) is 14.9 Å². The van der Waals surface area contributed by atoms with Crippen LogP contribution in [0.5, 0.6) is 11.6 Å². The molecule has 1 saturated heterocycles. The van der Waals surface area contributed by atoms with Crippen molar-refractivity contribution < 1.29 is 27.4 Å². The number of ether oxygens (including phenoxy) is 3. The smallest absolute Gasteiger partial charge is 0.475 e. The number of hydrogen-bond donors (Lipinski definition) is 0. The number of halogens is 3. The van der Waals surface area contributed by atoms with Crippen LogP contribution in [-0.4, -0.2) is 60.7 Å². The summed E-state index contributed by atoms with van der Waals surface area (Å²) < 4.78 is 51.9. The molecule has 140 valence electrons. The second-order valence-corrected chi connectivity index (χ2v) is 5.62. The molecule has 1 aromatic carbocycles. The van der Waals surface area contributed by atoms with Crippen LogP contribution < -0.4 is 9.47 Å². The van der Waals surface area contributed by atoms with Gasteiger partial charge in [-0.1, -0.05) is 12.1 Å². The summed E-state index contributed by atoms with van der Waals surface area (Å²) in [6.07, 6.45) is -1.81. The van der Waals surface area contributed by atoms with Gasteiger partial charge in [0, 0.05) is 25.2 Å². The van der Waals surface area contributed by atoms with Crippen LogP contribution >= 0.6 is 0 Å². The van der Waals surface area contributed by atoms with E-state index in [1.165, 1.54) is 30.6 Å². The van der Waals surface area contributed by atoms with E-state index in [1.807, 2.05) is 0 Å². The number of aromatic nitrogens is 2. The highest BCUT2D eigenvalue weighted by atomic mass is 19.4. The highest BCUT2D eigenvalue weighted by Crippen LogP contribution is 2.27. The number of hydrogen-bond acceptors (Lipinski definition) is 6. The van der Waals surface area contributed by atoms with Gasteiger partial charge in [-0.2, -0.15) is 0 Å². The molecule has 2 aromatic rings. The number of nitrogens with zero attached hydrogens (tertiary/aromatic N) is 3. The first kappa shape index (κ1) is 18.4. The van der Waals surface area contributed by atoms with Gasteiger partial charge < -0.3 is 14.2 Å². The summed E-state index contributed by atoms with van der Waals surface area (Å²) in [7, 11) is 0. The molecule has 0 unspecified atom stereocenters. The molecule has 6 nitrogen and oxygen atoms in total. The molecule has 1 fully saturated rings.